The number of carbonyl (C=O) groups excluding carboxylic acids is 1. The number of hydrogen-bond donors (Lipinski definition) is 1. The van der Waals surface area contributed by atoms with Crippen LogP contribution in [0, 0.1) is 5.82 Å². The molecule has 1 unspecified atom stereocenters. The van der Waals surface area contributed by atoms with Crippen molar-refractivity contribution in [1.29, 1.82) is 0 Å². The molecule has 2 aliphatic rings. The summed E-state index contributed by atoms with van der Waals surface area (Å²) in [5, 5.41) is 3.50. The van der Waals surface area contributed by atoms with E-state index in [1.165, 1.54) is 17.7 Å². The number of ether oxygens (including phenoxy) is 2. The van der Waals surface area contributed by atoms with Gasteiger partial charge in [0.15, 0.2) is 5.78 Å². The molecule has 1 aromatic heterocycles. The van der Waals surface area contributed by atoms with Gasteiger partial charge in [-0.15, -0.1) is 0 Å². The highest BCUT2D eigenvalue weighted by Gasteiger charge is 2.33. The lowest BCUT2D eigenvalue weighted by atomic mass is 9.96. The number of pyridine rings is 1. The number of carbonyl (C=O) groups is 1. The summed E-state index contributed by atoms with van der Waals surface area (Å²) in [7, 11) is 0. The average molecular weight is 512 g/mol. The van der Waals surface area contributed by atoms with Gasteiger partial charge in [-0.05, 0) is 101 Å². The van der Waals surface area contributed by atoms with Gasteiger partial charge in [0.2, 0.25) is 0 Å². The van der Waals surface area contributed by atoms with Crippen LogP contribution in [-0.4, -0.2) is 53.6 Å². The predicted molar refractivity (Wildman–Crippen MR) is 144 cm³/mol. The molecule has 0 bridgehead atoms. The summed E-state index contributed by atoms with van der Waals surface area (Å²) in [6, 6.07) is 9.03. The van der Waals surface area contributed by atoms with Crippen LogP contribution in [0.1, 0.15) is 81.8 Å². The molecule has 3 heterocycles. The van der Waals surface area contributed by atoms with E-state index in [4.69, 9.17) is 14.5 Å². The van der Waals surface area contributed by atoms with E-state index in [0.29, 0.717) is 31.4 Å². The molecule has 4 rings (SSSR count). The van der Waals surface area contributed by atoms with Crippen molar-refractivity contribution in [3.63, 3.8) is 0 Å². The summed E-state index contributed by atoms with van der Waals surface area (Å²) in [6.07, 6.45) is 6.20. The fraction of sp³-hybridized carbons (Fsp3) is 0.600. The van der Waals surface area contributed by atoms with Crippen molar-refractivity contribution in [3.05, 3.63) is 58.5 Å². The summed E-state index contributed by atoms with van der Waals surface area (Å²) in [6.45, 7) is 10.2. The molecular formula is C30H42FN3O3. The van der Waals surface area contributed by atoms with Gasteiger partial charge in [-0.25, -0.2) is 9.37 Å². The van der Waals surface area contributed by atoms with Crippen LogP contribution < -0.4 is 5.32 Å². The number of likely N-dealkylation sites (tertiary alicyclic amines) is 1. The Hall–Kier alpha value is -2.35. The standard InChI is InChI=1S/C30H42FN3O3/c1-20(2)37-19-24-10-12-25(31)17-28(24)29(22(4)35)34-15-14-27(18-34)36-16-6-5-7-26-13-11-23-9-8-21(3)32-30(23)33-26/h10-13,17,20-21,27,29H,5-9,14-16,18-19H2,1-4H3,(H,32,33)/t21?,27-,29+/m1/s1. The van der Waals surface area contributed by atoms with Gasteiger partial charge in [0.25, 0.3) is 0 Å². The third-order valence-corrected chi connectivity index (χ3v) is 7.35. The van der Waals surface area contributed by atoms with Crippen LogP contribution in [0.15, 0.2) is 30.3 Å². The molecule has 6 nitrogen and oxygen atoms in total. The number of aromatic nitrogens is 1. The fourth-order valence-electron chi connectivity index (χ4n) is 5.34. The number of nitrogens with zero attached hydrogens (tertiary/aromatic N) is 2. The molecule has 1 saturated heterocycles. The highest BCUT2D eigenvalue weighted by molar-refractivity contribution is 5.83. The van der Waals surface area contributed by atoms with Gasteiger partial charge in [-0.2, -0.15) is 0 Å². The van der Waals surface area contributed by atoms with Gasteiger partial charge in [-0.3, -0.25) is 9.69 Å². The SMILES string of the molecule is CC(=O)[C@@H](c1cc(F)ccc1COC(C)C)N1CC[C@@H](OCCCCc2ccc3c(n2)NC(C)CC3)C1. The molecule has 37 heavy (non-hydrogen) atoms. The smallest absolute Gasteiger partial charge is 0.151 e. The molecule has 0 saturated carbocycles. The molecular weight excluding hydrogens is 469 g/mol. The van der Waals surface area contributed by atoms with Crippen molar-refractivity contribution in [1.82, 2.24) is 9.88 Å². The van der Waals surface area contributed by atoms with E-state index in [1.54, 1.807) is 13.0 Å². The first-order valence-corrected chi connectivity index (χ1v) is 13.8. The maximum Gasteiger partial charge on any atom is 0.151 e. The lowest BCUT2D eigenvalue weighted by Gasteiger charge is -2.28. The van der Waals surface area contributed by atoms with Crippen LogP contribution in [0.25, 0.3) is 0 Å². The fourth-order valence-corrected chi connectivity index (χ4v) is 5.34. The van der Waals surface area contributed by atoms with Gasteiger partial charge in [0.1, 0.15) is 11.6 Å². The zero-order valence-corrected chi connectivity index (χ0v) is 22.8. The van der Waals surface area contributed by atoms with E-state index in [0.717, 1.165) is 62.1 Å². The molecule has 2 aromatic rings. The lowest BCUT2D eigenvalue weighted by molar-refractivity contribution is -0.122. The zero-order chi connectivity index (χ0) is 26.4. The van der Waals surface area contributed by atoms with Crippen molar-refractivity contribution in [2.24, 2.45) is 0 Å². The predicted octanol–water partition coefficient (Wildman–Crippen LogP) is 5.64. The Morgan fingerprint density at radius 2 is 2.05 bits per heavy atom. The van der Waals surface area contributed by atoms with Crippen molar-refractivity contribution < 1.29 is 18.7 Å². The van der Waals surface area contributed by atoms with E-state index >= 15 is 0 Å². The number of unbranched alkanes of at least 4 members (excludes halogenated alkanes) is 1. The third-order valence-electron chi connectivity index (χ3n) is 7.35. The first kappa shape index (κ1) is 27.7. The van der Waals surface area contributed by atoms with Crippen LogP contribution >= 0.6 is 0 Å². The van der Waals surface area contributed by atoms with Gasteiger partial charge in [0.05, 0.1) is 24.9 Å². The molecule has 2 aliphatic heterocycles. The molecule has 1 fully saturated rings. The molecule has 0 spiro atoms. The molecule has 3 atom stereocenters. The third kappa shape index (κ3) is 7.59. The number of hydrogen-bond acceptors (Lipinski definition) is 6. The van der Waals surface area contributed by atoms with Crippen LogP contribution in [0.2, 0.25) is 0 Å². The molecule has 0 radical (unpaired) electrons. The number of nitrogens with one attached hydrogen (secondary N) is 1. The zero-order valence-electron chi connectivity index (χ0n) is 22.8. The minimum absolute atomic E-state index is 0.0125. The van der Waals surface area contributed by atoms with Crippen LogP contribution in [0.5, 0.6) is 0 Å². The van der Waals surface area contributed by atoms with E-state index in [-0.39, 0.29) is 23.8 Å². The van der Waals surface area contributed by atoms with Gasteiger partial charge < -0.3 is 14.8 Å². The Kier molecular flexibility index (Phi) is 9.68. The van der Waals surface area contributed by atoms with E-state index in [1.807, 2.05) is 13.8 Å². The Labute approximate surface area is 220 Å². The average Bonchev–Trinajstić information content (AvgIpc) is 3.31. The number of ketones is 1. The van der Waals surface area contributed by atoms with Gasteiger partial charge in [-0.1, -0.05) is 12.1 Å². The van der Waals surface area contributed by atoms with E-state index in [9.17, 15) is 9.18 Å². The Morgan fingerprint density at radius 3 is 2.84 bits per heavy atom. The van der Waals surface area contributed by atoms with Crippen LogP contribution in [-0.2, 0) is 33.7 Å². The summed E-state index contributed by atoms with van der Waals surface area (Å²) in [4.78, 5) is 19.7. The number of anilines is 1. The molecule has 0 aliphatic carbocycles. The number of rotatable bonds is 12. The van der Waals surface area contributed by atoms with Gasteiger partial charge >= 0.3 is 0 Å². The normalized spacial score (nSPS) is 20.6. The lowest BCUT2D eigenvalue weighted by Crippen LogP contribution is -2.33. The van der Waals surface area contributed by atoms with Crippen LogP contribution in [0.3, 0.4) is 0 Å². The van der Waals surface area contributed by atoms with Crippen LogP contribution in [0.4, 0.5) is 10.2 Å². The van der Waals surface area contributed by atoms with Crippen molar-refractivity contribution in [2.75, 3.05) is 25.0 Å². The molecule has 7 heteroatoms. The second kappa shape index (κ2) is 12.9. The molecule has 202 valence electrons. The van der Waals surface area contributed by atoms with E-state index in [2.05, 4.69) is 29.3 Å². The molecule has 1 N–H and O–H groups in total. The summed E-state index contributed by atoms with van der Waals surface area (Å²) in [5.41, 5.74) is 4.01. The largest absolute Gasteiger partial charge is 0.377 e. The number of halogens is 1. The highest BCUT2D eigenvalue weighted by Crippen LogP contribution is 2.31. The Bertz CT molecular complexity index is 1060. The highest BCUT2D eigenvalue weighted by atomic mass is 19.1. The Morgan fingerprint density at radius 1 is 1.22 bits per heavy atom. The summed E-state index contributed by atoms with van der Waals surface area (Å²) >= 11 is 0. The first-order chi connectivity index (χ1) is 17.8. The van der Waals surface area contributed by atoms with Crippen molar-refractivity contribution >= 4 is 11.6 Å². The maximum atomic E-state index is 14.2. The quantitative estimate of drug-likeness (QED) is 0.372. The number of benzene rings is 1. The maximum absolute atomic E-state index is 14.2. The minimum atomic E-state index is -0.485. The number of aryl methyl sites for hydroxylation is 2. The van der Waals surface area contributed by atoms with Gasteiger partial charge in [0, 0.05) is 31.4 Å². The van der Waals surface area contributed by atoms with E-state index < -0.39 is 6.04 Å². The summed E-state index contributed by atoms with van der Waals surface area (Å²) in [5.74, 6) is 0.731. The second-order valence-corrected chi connectivity index (χ2v) is 10.8. The number of fused-ring (bicyclic) bond motifs is 1. The van der Waals surface area contributed by atoms with Crippen molar-refractivity contribution in [3.8, 4) is 0 Å². The number of Topliss-reactive ketones (excluding diaryl/α,β-unsaturated/α-hetero) is 1. The molecule has 0 amide bonds. The second-order valence-electron chi connectivity index (χ2n) is 10.8. The first-order valence-electron chi connectivity index (χ1n) is 13.8. The van der Waals surface area contributed by atoms with Crippen molar-refractivity contribution in [2.45, 2.75) is 97.1 Å². The minimum Gasteiger partial charge on any atom is -0.377 e. The Balaban J connectivity index is 1.26. The monoisotopic (exact) mass is 511 g/mol. The summed E-state index contributed by atoms with van der Waals surface area (Å²) < 4.78 is 26.2. The molecule has 1 aromatic carbocycles. The topological polar surface area (TPSA) is 63.7 Å².